The number of carbonyl (C=O) groups is 2. The molecule has 3 aliphatic carbocycles. The van der Waals surface area contributed by atoms with Gasteiger partial charge in [-0.25, -0.2) is 0 Å². The van der Waals surface area contributed by atoms with Gasteiger partial charge in [0.05, 0.1) is 11.5 Å². The van der Waals surface area contributed by atoms with Crippen molar-refractivity contribution < 1.29 is 14.7 Å². The minimum Gasteiger partial charge on any atom is -0.389 e. The second-order valence-corrected chi connectivity index (χ2v) is 10.6. The third-order valence-corrected chi connectivity index (χ3v) is 8.24. The van der Waals surface area contributed by atoms with Gasteiger partial charge in [0.15, 0.2) is 0 Å². The Balaban J connectivity index is 1.87. The fraction of sp³-hybridized carbons (Fsp3) is 0.760. The second-order valence-electron chi connectivity index (χ2n) is 10.6. The summed E-state index contributed by atoms with van der Waals surface area (Å²) < 4.78 is 0. The number of hydrogen-bond donors (Lipinski definition) is 1. The van der Waals surface area contributed by atoms with Crippen LogP contribution in [0.15, 0.2) is 23.3 Å². The van der Waals surface area contributed by atoms with Crippen LogP contribution in [0.2, 0.25) is 0 Å². The van der Waals surface area contributed by atoms with Crippen LogP contribution in [0.5, 0.6) is 0 Å². The highest BCUT2D eigenvalue weighted by atomic mass is 16.3. The molecule has 156 valence electrons. The van der Waals surface area contributed by atoms with Gasteiger partial charge in [-0.1, -0.05) is 31.6 Å². The molecule has 3 heteroatoms. The topological polar surface area (TPSA) is 54.4 Å². The lowest BCUT2D eigenvalue weighted by molar-refractivity contribution is -0.121. The lowest BCUT2D eigenvalue weighted by Gasteiger charge is -2.42. The van der Waals surface area contributed by atoms with E-state index in [0.717, 1.165) is 32.0 Å². The van der Waals surface area contributed by atoms with Crippen molar-refractivity contribution in [3.8, 4) is 0 Å². The molecule has 3 rings (SSSR count). The predicted molar refractivity (Wildman–Crippen MR) is 113 cm³/mol. The molecule has 7 atom stereocenters. The number of Topliss-reactive ketones (excluding diaryl/α,β-unsaturated/α-hetero) is 1. The summed E-state index contributed by atoms with van der Waals surface area (Å²) in [6.07, 6.45) is 11.9. The lowest BCUT2D eigenvalue weighted by atomic mass is 9.62. The van der Waals surface area contributed by atoms with Gasteiger partial charge in [0.1, 0.15) is 12.1 Å². The maximum atomic E-state index is 12.6. The minimum absolute atomic E-state index is 0.0417. The number of aliphatic hydroxyl groups is 1. The van der Waals surface area contributed by atoms with Crippen molar-refractivity contribution in [3.63, 3.8) is 0 Å². The molecule has 3 nitrogen and oxygen atoms in total. The molecule has 0 aromatic heterocycles. The average molecular weight is 387 g/mol. The van der Waals surface area contributed by atoms with Crippen molar-refractivity contribution in [1.29, 1.82) is 0 Å². The van der Waals surface area contributed by atoms with E-state index in [4.69, 9.17) is 0 Å². The molecule has 0 aliphatic heterocycles. The molecule has 0 spiro atoms. The van der Waals surface area contributed by atoms with Crippen LogP contribution < -0.4 is 0 Å². The van der Waals surface area contributed by atoms with Crippen LogP contribution in [-0.4, -0.2) is 22.8 Å². The van der Waals surface area contributed by atoms with Gasteiger partial charge in [-0.3, -0.25) is 9.59 Å². The molecule has 0 aromatic carbocycles. The molecule has 2 fully saturated rings. The molecule has 0 heterocycles. The van der Waals surface area contributed by atoms with Crippen LogP contribution in [0.1, 0.15) is 79.6 Å². The van der Waals surface area contributed by atoms with Crippen molar-refractivity contribution in [3.05, 3.63) is 23.3 Å². The summed E-state index contributed by atoms with van der Waals surface area (Å²) >= 11 is 0. The molecular formula is C25H38O3. The maximum absolute atomic E-state index is 12.6. The summed E-state index contributed by atoms with van der Waals surface area (Å²) in [5.41, 5.74) is 1.14. The van der Waals surface area contributed by atoms with E-state index in [1.54, 1.807) is 6.92 Å². The van der Waals surface area contributed by atoms with E-state index >= 15 is 0 Å². The number of aldehydes is 1. The third-order valence-electron chi connectivity index (χ3n) is 8.24. The highest BCUT2D eigenvalue weighted by Crippen LogP contribution is 2.59. The number of fused-ring (bicyclic) bond motifs is 2. The van der Waals surface area contributed by atoms with Gasteiger partial charge < -0.3 is 5.11 Å². The Bertz CT molecular complexity index is 682. The van der Waals surface area contributed by atoms with E-state index < -0.39 is 11.5 Å². The van der Waals surface area contributed by atoms with E-state index in [1.807, 2.05) is 6.08 Å². The minimum atomic E-state index is -0.998. The van der Waals surface area contributed by atoms with E-state index in [0.29, 0.717) is 23.3 Å². The summed E-state index contributed by atoms with van der Waals surface area (Å²) in [7, 11) is 0. The number of ketones is 1. The zero-order valence-corrected chi connectivity index (χ0v) is 18.3. The van der Waals surface area contributed by atoms with Crippen LogP contribution in [0, 0.1) is 35.0 Å². The van der Waals surface area contributed by atoms with E-state index in [9.17, 15) is 14.7 Å². The van der Waals surface area contributed by atoms with Crippen molar-refractivity contribution in [2.75, 3.05) is 0 Å². The molecule has 0 radical (unpaired) electrons. The quantitative estimate of drug-likeness (QED) is 0.517. The Labute approximate surface area is 170 Å². The van der Waals surface area contributed by atoms with Gasteiger partial charge in [-0.05, 0) is 88.0 Å². The first kappa shape index (κ1) is 21.5. The van der Waals surface area contributed by atoms with E-state index in [2.05, 4.69) is 33.8 Å². The fourth-order valence-corrected chi connectivity index (χ4v) is 6.59. The van der Waals surface area contributed by atoms with Crippen LogP contribution in [0.4, 0.5) is 0 Å². The smallest absolute Gasteiger partial charge is 0.146 e. The first-order valence-electron chi connectivity index (χ1n) is 11.1. The standard InChI is InChI=1S/C25H38O3/c1-16(2)7-6-8-17(3)19-11-12-24(4)13-21-23(22(27)14-25(21,5)28)18(15-26)9-10-20(19)24/h7,9,15,17,19-21,23,28H,6,8,10-14H2,1-5H3/t17-,19?,20?,21-,23?,24+,25+/m0/s1. The first-order valence-corrected chi connectivity index (χ1v) is 11.1. The van der Waals surface area contributed by atoms with Gasteiger partial charge >= 0.3 is 0 Å². The highest BCUT2D eigenvalue weighted by molar-refractivity contribution is 5.94. The fourth-order valence-electron chi connectivity index (χ4n) is 6.59. The summed E-state index contributed by atoms with van der Waals surface area (Å²) in [4.78, 5) is 24.4. The summed E-state index contributed by atoms with van der Waals surface area (Å²) in [5, 5.41) is 11.0. The molecule has 3 unspecified atom stereocenters. The van der Waals surface area contributed by atoms with Crippen LogP contribution >= 0.6 is 0 Å². The SMILES string of the molecule is CC(C)=CCC[C@H](C)C1CC[C@]2(C)C[C@H]3C(C(=O)C[C@@]3(C)O)C(C=O)=CCC12. The zero-order valence-electron chi connectivity index (χ0n) is 18.3. The average Bonchev–Trinajstić information content (AvgIpc) is 3.01. The monoisotopic (exact) mass is 386 g/mol. The predicted octanol–water partition coefficient (Wildman–Crippen LogP) is 5.28. The van der Waals surface area contributed by atoms with Gasteiger partial charge in [-0.2, -0.15) is 0 Å². The Morgan fingerprint density at radius 2 is 2.04 bits per heavy atom. The van der Waals surface area contributed by atoms with Gasteiger partial charge in [0, 0.05) is 12.3 Å². The molecule has 0 saturated heterocycles. The summed E-state index contributed by atoms with van der Waals surface area (Å²) in [5.74, 6) is 1.33. The Morgan fingerprint density at radius 1 is 1.32 bits per heavy atom. The number of allylic oxidation sites excluding steroid dienone is 4. The molecule has 28 heavy (non-hydrogen) atoms. The Hall–Kier alpha value is -1.22. The van der Waals surface area contributed by atoms with Gasteiger partial charge in [0.25, 0.3) is 0 Å². The largest absolute Gasteiger partial charge is 0.389 e. The van der Waals surface area contributed by atoms with Crippen molar-refractivity contribution >= 4 is 12.1 Å². The van der Waals surface area contributed by atoms with Crippen LogP contribution in [0.25, 0.3) is 0 Å². The third kappa shape index (κ3) is 3.92. The Kier molecular flexibility index (Phi) is 6.06. The van der Waals surface area contributed by atoms with Crippen LogP contribution in [-0.2, 0) is 9.59 Å². The molecule has 2 saturated carbocycles. The van der Waals surface area contributed by atoms with E-state index in [1.165, 1.54) is 18.4 Å². The van der Waals surface area contributed by atoms with E-state index in [-0.39, 0.29) is 23.5 Å². The van der Waals surface area contributed by atoms with Crippen molar-refractivity contribution in [2.24, 2.45) is 35.0 Å². The zero-order chi connectivity index (χ0) is 20.7. The molecule has 3 aliphatic rings. The second kappa shape index (κ2) is 7.89. The lowest BCUT2D eigenvalue weighted by Crippen LogP contribution is -2.40. The number of hydrogen-bond acceptors (Lipinski definition) is 3. The summed E-state index contributed by atoms with van der Waals surface area (Å²) in [6, 6.07) is 0. The number of carbonyl (C=O) groups excluding carboxylic acids is 2. The van der Waals surface area contributed by atoms with Crippen molar-refractivity contribution in [2.45, 2.75) is 85.2 Å². The molecule has 0 amide bonds. The Morgan fingerprint density at radius 3 is 2.68 bits per heavy atom. The maximum Gasteiger partial charge on any atom is 0.146 e. The molecule has 0 bridgehead atoms. The summed E-state index contributed by atoms with van der Waals surface area (Å²) in [6.45, 7) is 10.9. The molecular weight excluding hydrogens is 348 g/mol. The van der Waals surface area contributed by atoms with Crippen LogP contribution in [0.3, 0.4) is 0 Å². The van der Waals surface area contributed by atoms with Gasteiger partial charge in [0.2, 0.25) is 0 Å². The first-order chi connectivity index (χ1) is 13.1. The van der Waals surface area contributed by atoms with Gasteiger partial charge in [-0.15, -0.1) is 0 Å². The molecule has 0 aromatic rings. The number of rotatable bonds is 5. The van der Waals surface area contributed by atoms with Crippen molar-refractivity contribution in [1.82, 2.24) is 0 Å². The normalized spacial score (nSPS) is 41.4. The molecule has 1 N–H and O–H groups in total. The highest BCUT2D eigenvalue weighted by Gasteiger charge is 2.56.